The summed E-state index contributed by atoms with van der Waals surface area (Å²) in [5.74, 6) is 0.0781. The minimum absolute atomic E-state index is 0.119. The van der Waals surface area contributed by atoms with Crippen molar-refractivity contribution in [3.8, 4) is 11.5 Å². The molecule has 160 valence electrons. The quantitative estimate of drug-likeness (QED) is 0.534. The smallest absolute Gasteiger partial charge is 0.354 e. The number of carbonyl (C=O) groups excluding carboxylic acids is 3. The first-order chi connectivity index (χ1) is 14.2. The van der Waals surface area contributed by atoms with Crippen molar-refractivity contribution < 1.29 is 28.6 Å². The molecule has 0 spiro atoms. The zero-order valence-electron chi connectivity index (χ0n) is 18.1. The van der Waals surface area contributed by atoms with Gasteiger partial charge in [0.25, 0.3) is 5.91 Å². The first-order valence-electron chi connectivity index (χ1n) is 9.71. The van der Waals surface area contributed by atoms with E-state index in [1.54, 1.807) is 50.6 Å². The van der Waals surface area contributed by atoms with E-state index in [1.165, 1.54) is 12.0 Å². The third kappa shape index (κ3) is 3.42. The lowest BCUT2D eigenvalue weighted by Crippen LogP contribution is -2.43. The van der Waals surface area contributed by atoms with Gasteiger partial charge in [-0.25, -0.2) is 4.79 Å². The van der Waals surface area contributed by atoms with Crippen LogP contribution in [0.4, 0.5) is 0 Å². The number of likely N-dealkylation sites (N-methyl/N-ethyl adjacent to an activating group) is 1. The van der Waals surface area contributed by atoms with Crippen LogP contribution in [-0.2, 0) is 11.8 Å². The third-order valence-corrected chi connectivity index (χ3v) is 5.62. The van der Waals surface area contributed by atoms with Crippen molar-refractivity contribution in [3.05, 3.63) is 46.3 Å². The van der Waals surface area contributed by atoms with Crippen molar-refractivity contribution in [1.29, 1.82) is 0 Å². The molecule has 0 saturated carbocycles. The SMILES string of the molecule is CCN(C(=O)c1ccc2c(c1)OCO2)C(C)C(=O)c1c(C)c(C(=O)OC)n(C)c1C. The van der Waals surface area contributed by atoms with Crippen molar-refractivity contribution in [1.82, 2.24) is 9.47 Å². The summed E-state index contributed by atoms with van der Waals surface area (Å²) < 4.78 is 17.1. The zero-order valence-corrected chi connectivity index (χ0v) is 18.1. The van der Waals surface area contributed by atoms with Crippen molar-refractivity contribution in [3.63, 3.8) is 0 Å². The summed E-state index contributed by atoms with van der Waals surface area (Å²) in [6.07, 6.45) is 0. The molecule has 1 unspecified atom stereocenters. The Kier molecular flexibility index (Phi) is 5.87. The van der Waals surface area contributed by atoms with Crippen LogP contribution in [0.5, 0.6) is 11.5 Å². The van der Waals surface area contributed by atoms with Gasteiger partial charge in [0.15, 0.2) is 17.3 Å². The van der Waals surface area contributed by atoms with Crippen LogP contribution in [-0.4, -0.2) is 53.6 Å². The first-order valence-corrected chi connectivity index (χ1v) is 9.71. The van der Waals surface area contributed by atoms with Crippen LogP contribution in [0.2, 0.25) is 0 Å². The van der Waals surface area contributed by atoms with Gasteiger partial charge in [-0.3, -0.25) is 9.59 Å². The average molecular weight is 414 g/mol. The highest BCUT2D eigenvalue weighted by Gasteiger charge is 2.32. The molecule has 1 amide bonds. The molecular formula is C22H26N2O6. The highest BCUT2D eigenvalue weighted by atomic mass is 16.7. The van der Waals surface area contributed by atoms with Gasteiger partial charge < -0.3 is 23.7 Å². The van der Waals surface area contributed by atoms with Crippen molar-refractivity contribution in [2.45, 2.75) is 33.7 Å². The maximum Gasteiger partial charge on any atom is 0.354 e. The monoisotopic (exact) mass is 414 g/mol. The number of esters is 1. The second-order valence-electron chi connectivity index (χ2n) is 7.18. The van der Waals surface area contributed by atoms with Gasteiger partial charge in [-0.05, 0) is 51.5 Å². The third-order valence-electron chi connectivity index (χ3n) is 5.62. The lowest BCUT2D eigenvalue weighted by Gasteiger charge is -2.27. The molecule has 0 bridgehead atoms. The topological polar surface area (TPSA) is 87.1 Å². The molecule has 0 radical (unpaired) electrons. The Balaban J connectivity index is 1.93. The standard InChI is InChI=1S/C22H26N2O6/c1-7-24(21(26)15-8-9-16-17(10-15)30-11-29-16)14(4)20(25)18-12(2)19(22(27)28-6)23(5)13(18)3/h8-10,14H,7,11H2,1-6H3. The molecule has 8 heteroatoms. The lowest BCUT2D eigenvalue weighted by atomic mass is 9.99. The number of methoxy groups -OCH3 is 1. The number of benzene rings is 1. The van der Waals surface area contributed by atoms with Gasteiger partial charge in [0, 0.05) is 30.4 Å². The summed E-state index contributed by atoms with van der Waals surface area (Å²) in [7, 11) is 3.02. The van der Waals surface area contributed by atoms with E-state index < -0.39 is 12.0 Å². The predicted octanol–water partition coefficient (Wildman–Crippen LogP) is 2.89. The fourth-order valence-electron chi connectivity index (χ4n) is 3.87. The number of aromatic nitrogens is 1. The second kappa shape index (κ2) is 8.22. The molecule has 8 nitrogen and oxygen atoms in total. The Morgan fingerprint density at radius 1 is 1.20 bits per heavy atom. The molecule has 0 saturated heterocycles. The predicted molar refractivity (Wildman–Crippen MR) is 109 cm³/mol. The van der Waals surface area contributed by atoms with Gasteiger partial charge in [-0.2, -0.15) is 0 Å². The normalized spacial score (nSPS) is 13.1. The maximum atomic E-state index is 13.4. The Labute approximate surface area is 175 Å². The Bertz CT molecular complexity index is 1020. The van der Waals surface area contributed by atoms with Gasteiger partial charge in [0.1, 0.15) is 5.69 Å². The summed E-state index contributed by atoms with van der Waals surface area (Å²) in [5.41, 5.74) is 2.37. The fraction of sp³-hybridized carbons (Fsp3) is 0.409. The molecule has 0 N–H and O–H groups in total. The van der Waals surface area contributed by atoms with E-state index in [2.05, 4.69) is 0 Å². The van der Waals surface area contributed by atoms with E-state index in [9.17, 15) is 14.4 Å². The molecule has 1 atom stereocenters. The maximum absolute atomic E-state index is 13.4. The highest BCUT2D eigenvalue weighted by molar-refractivity contribution is 6.07. The van der Waals surface area contributed by atoms with Crippen LogP contribution in [0, 0.1) is 13.8 Å². The molecule has 0 fully saturated rings. The van der Waals surface area contributed by atoms with Crippen LogP contribution in [0.1, 0.15) is 56.3 Å². The number of fused-ring (bicyclic) bond motifs is 1. The van der Waals surface area contributed by atoms with Crippen LogP contribution in [0.25, 0.3) is 0 Å². The number of rotatable bonds is 6. The summed E-state index contributed by atoms with van der Waals surface area (Å²) in [6.45, 7) is 7.47. The summed E-state index contributed by atoms with van der Waals surface area (Å²) in [4.78, 5) is 40.2. The van der Waals surface area contributed by atoms with E-state index in [0.717, 1.165) is 0 Å². The number of carbonyl (C=O) groups is 3. The van der Waals surface area contributed by atoms with Gasteiger partial charge in [-0.15, -0.1) is 0 Å². The minimum Gasteiger partial charge on any atom is -0.464 e. The summed E-state index contributed by atoms with van der Waals surface area (Å²) >= 11 is 0. The summed E-state index contributed by atoms with van der Waals surface area (Å²) in [6, 6.07) is 4.24. The van der Waals surface area contributed by atoms with Gasteiger partial charge >= 0.3 is 5.97 Å². The average Bonchev–Trinajstić information content (AvgIpc) is 3.29. The van der Waals surface area contributed by atoms with E-state index >= 15 is 0 Å². The van der Waals surface area contributed by atoms with Crippen LogP contribution >= 0.6 is 0 Å². The van der Waals surface area contributed by atoms with Crippen LogP contribution in [0.3, 0.4) is 0 Å². The molecule has 3 rings (SSSR count). The van der Waals surface area contributed by atoms with Gasteiger partial charge in [0.2, 0.25) is 6.79 Å². The van der Waals surface area contributed by atoms with E-state index in [1.807, 2.05) is 6.92 Å². The molecule has 1 aromatic carbocycles. The number of amides is 1. The van der Waals surface area contributed by atoms with Crippen LogP contribution in [0.15, 0.2) is 18.2 Å². The molecule has 0 aliphatic carbocycles. The number of ether oxygens (including phenoxy) is 3. The molecule has 2 heterocycles. The molecule has 1 aliphatic heterocycles. The van der Waals surface area contributed by atoms with E-state index in [-0.39, 0.29) is 18.5 Å². The lowest BCUT2D eigenvalue weighted by molar-refractivity contribution is 0.0588. The molecule has 1 aromatic heterocycles. The number of ketones is 1. The van der Waals surface area contributed by atoms with Crippen molar-refractivity contribution in [2.24, 2.45) is 7.05 Å². The number of hydrogen-bond acceptors (Lipinski definition) is 6. The molecule has 1 aliphatic rings. The molecule has 2 aromatic rings. The fourth-order valence-corrected chi connectivity index (χ4v) is 3.87. The second-order valence-corrected chi connectivity index (χ2v) is 7.18. The van der Waals surface area contributed by atoms with Crippen molar-refractivity contribution in [2.75, 3.05) is 20.4 Å². The Morgan fingerprint density at radius 2 is 1.87 bits per heavy atom. The van der Waals surface area contributed by atoms with Crippen molar-refractivity contribution >= 4 is 17.7 Å². The number of nitrogens with zero attached hydrogens (tertiary/aromatic N) is 2. The summed E-state index contributed by atoms with van der Waals surface area (Å²) in [5, 5.41) is 0. The minimum atomic E-state index is -0.724. The van der Waals surface area contributed by atoms with Crippen LogP contribution < -0.4 is 9.47 Å². The van der Waals surface area contributed by atoms with Gasteiger partial charge in [0.05, 0.1) is 13.2 Å². The highest BCUT2D eigenvalue weighted by Crippen LogP contribution is 2.33. The Hall–Kier alpha value is -3.29. The van der Waals surface area contributed by atoms with Gasteiger partial charge in [-0.1, -0.05) is 0 Å². The number of hydrogen-bond donors (Lipinski definition) is 0. The first kappa shape index (κ1) is 21.4. The largest absolute Gasteiger partial charge is 0.464 e. The number of Topliss-reactive ketones (excluding diaryl/α,β-unsaturated/α-hetero) is 1. The van der Waals surface area contributed by atoms with E-state index in [0.29, 0.717) is 46.1 Å². The molecule has 30 heavy (non-hydrogen) atoms. The molecular weight excluding hydrogens is 388 g/mol. The van der Waals surface area contributed by atoms with E-state index in [4.69, 9.17) is 14.2 Å². The Morgan fingerprint density at radius 3 is 2.50 bits per heavy atom. The zero-order chi connectivity index (χ0) is 22.2.